The quantitative estimate of drug-likeness (QED) is 0.638. The summed E-state index contributed by atoms with van der Waals surface area (Å²) in [7, 11) is 0. The third-order valence-electron chi connectivity index (χ3n) is 5.75. The highest BCUT2D eigenvalue weighted by molar-refractivity contribution is 7.12. The van der Waals surface area contributed by atoms with Crippen molar-refractivity contribution in [2.24, 2.45) is 0 Å². The van der Waals surface area contributed by atoms with E-state index in [9.17, 15) is 14.0 Å². The van der Waals surface area contributed by atoms with Crippen molar-refractivity contribution in [3.05, 3.63) is 74.5 Å². The number of nitrogens with one attached hydrogen (secondary N) is 2. The number of rotatable bonds is 3. The molecule has 1 atom stereocenters. The Labute approximate surface area is 186 Å². The van der Waals surface area contributed by atoms with Gasteiger partial charge in [-0.3, -0.25) is 9.59 Å². The Bertz CT molecular complexity index is 1120. The zero-order chi connectivity index (χ0) is 22.3. The predicted octanol–water partition coefficient (Wildman–Crippen LogP) is 5.79. The van der Waals surface area contributed by atoms with Crippen LogP contribution in [0.2, 0.25) is 0 Å². The highest BCUT2D eigenvalue weighted by Gasteiger charge is 2.39. The first kappa shape index (κ1) is 21.5. The Kier molecular flexibility index (Phi) is 5.60. The lowest BCUT2D eigenvalue weighted by atomic mass is 9.77. The van der Waals surface area contributed by atoms with Crippen LogP contribution in [0, 0.1) is 5.82 Å². The first-order chi connectivity index (χ1) is 14.6. The maximum Gasteiger partial charge on any atom is 0.254 e. The maximum atomic E-state index is 13.6. The van der Waals surface area contributed by atoms with E-state index < -0.39 is 11.7 Å². The number of hydrogen-bond acceptors (Lipinski definition) is 4. The zero-order valence-electron chi connectivity index (χ0n) is 18.3. The molecule has 6 heteroatoms. The molecule has 0 saturated carbocycles. The van der Waals surface area contributed by atoms with Gasteiger partial charge in [0, 0.05) is 44.4 Å². The number of amides is 1. The number of dihydropyridines is 1. The van der Waals surface area contributed by atoms with Crippen LogP contribution < -0.4 is 10.6 Å². The molecule has 4 rings (SSSR count). The Hall–Kier alpha value is -2.73. The number of hydrogen-bond donors (Lipinski definition) is 2. The van der Waals surface area contributed by atoms with Gasteiger partial charge in [0.15, 0.2) is 5.78 Å². The minimum Gasteiger partial charge on any atom is -0.362 e. The van der Waals surface area contributed by atoms with E-state index in [4.69, 9.17) is 0 Å². The van der Waals surface area contributed by atoms with Crippen molar-refractivity contribution in [2.75, 3.05) is 5.32 Å². The van der Waals surface area contributed by atoms with Gasteiger partial charge in [-0.1, -0.05) is 26.8 Å². The second-order valence-corrected chi connectivity index (χ2v) is 10.3. The number of allylic oxidation sites excluding steroid dienone is 3. The van der Waals surface area contributed by atoms with Crippen molar-refractivity contribution < 1.29 is 14.0 Å². The number of carbonyl (C=O) groups excluding carboxylic acids is 2. The minimum absolute atomic E-state index is 0.0215. The minimum atomic E-state index is -0.418. The Morgan fingerprint density at radius 2 is 1.97 bits per heavy atom. The molecule has 1 aliphatic carbocycles. The Balaban J connectivity index is 1.79. The lowest BCUT2D eigenvalue weighted by molar-refractivity contribution is -0.116. The van der Waals surface area contributed by atoms with Crippen LogP contribution in [0.3, 0.4) is 0 Å². The summed E-state index contributed by atoms with van der Waals surface area (Å²) < 4.78 is 13.6. The topological polar surface area (TPSA) is 58.2 Å². The molecule has 2 aliphatic rings. The number of benzene rings is 1. The lowest BCUT2D eigenvalue weighted by Gasteiger charge is -2.34. The van der Waals surface area contributed by atoms with Crippen LogP contribution in [0.5, 0.6) is 0 Å². The second kappa shape index (κ2) is 8.08. The van der Waals surface area contributed by atoms with Crippen LogP contribution in [0.25, 0.3) is 0 Å². The van der Waals surface area contributed by atoms with Crippen molar-refractivity contribution in [3.8, 4) is 0 Å². The first-order valence-electron chi connectivity index (χ1n) is 10.6. The molecule has 2 aromatic rings. The van der Waals surface area contributed by atoms with Crippen molar-refractivity contribution in [2.45, 2.75) is 58.3 Å². The van der Waals surface area contributed by atoms with Gasteiger partial charge in [0.05, 0.1) is 5.92 Å². The summed E-state index contributed by atoms with van der Waals surface area (Å²) in [4.78, 5) is 28.6. The third-order valence-corrected chi connectivity index (χ3v) is 7.33. The first-order valence-corrected chi connectivity index (χ1v) is 11.4. The van der Waals surface area contributed by atoms with Gasteiger partial charge in [-0.15, -0.1) is 11.3 Å². The summed E-state index contributed by atoms with van der Waals surface area (Å²) in [5.41, 5.74) is 3.24. The highest BCUT2D eigenvalue weighted by atomic mass is 32.1. The third kappa shape index (κ3) is 4.22. The number of Topliss-reactive ketones (excluding diaryl/α,β-unsaturated/α-hetero) is 1. The maximum absolute atomic E-state index is 13.6. The Morgan fingerprint density at radius 1 is 1.19 bits per heavy atom. The second-order valence-electron chi connectivity index (χ2n) is 9.18. The van der Waals surface area contributed by atoms with Gasteiger partial charge in [-0.05, 0) is 55.5 Å². The van der Waals surface area contributed by atoms with Gasteiger partial charge >= 0.3 is 0 Å². The summed E-state index contributed by atoms with van der Waals surface area (Å²) in [5.74, 6) is -1.06. The molecule has 1 aromatic carbocycles. The normalized spacial score (nSPS) is 19.3. The summed E-state index contributed by atoms with van der Waals surface area (Å²) in [6.07, 6.45) is 2.10. The molecule has 0 spiro atoms. The fraction of sp³-hybridized carbons (Fsp3) is 0.360. The number of anilines is 1. The van der Waals surface area contributed by atoms with Crippen LogP contribution >= 0.6 is 11.3 Å². The summed E-state index contributed by atoms with van der Waals surface area (Å²) in [5, 5.41) is 6.15. The van der Waals surface area contributed by atoms with Crippen LogP contribution in [0.4, 0.5) is 10.1 Å². The summed E-state index contributed by atoms with van der Waals surface area (Å²) >= 11 is 1.65. The van der Waals surface area contributed by atoms with Crippen molar-refractivity contribution in [3.63, 3.8) is 0 Å². The molecule has 0 unspecified atom stereocenters. The van der Waals surface area contributed by atoms with Gasteiger partial charge in [0.2, 0.25) is 0 Å². The largest absolute Gasteiger partial charge is 0.362 e. The van der Waals surface area contributed by atoms with Crippen LogP contribution in [0.1, 0.15) is 62.6 Å². The number of ketones is 1. The molecular formula is C25H27FN2O2S. The fourth-order valence-electron chi connectivity index (χ4n) is 4.24. The molecule has 0 radical (unpaired) electrons. The van der Waals surface area contributed by atoms with E-state index in [0.717, 1.165) is 29.1 Å². The van der Waals surface area contributed by atoms with Crippen LogP contribution in [0.15, 0.2) is 58.9 Å². The molecule has 0 bridgehead atoms. The molecule has 0 saturated heterocycles. The number of carbonyl (C=O) groups is 2. The van der Waals surface area contributed by atoms with Gasteiger partial charge < -0.3 is 10.6 Å². The molecule has 2 heterocycles. The van der Waals surface area contributed by atoms with E-state index in [0.29, 0.717) is 23.3 Å². The average Bonchev–Trinajstić information content (AvgIpc) is 3.17. The molecule has 4 nitrogen and oxygen atoms in total. The summed E-state index contributed by atoms with van der Waals surface area (Å²) in [6.45, 7) is 8.33. The smallest absolute Gasteiger partial charge is 0.254 e. The highest BCUT2D eigenvalue weighted by Crippen LogP contribution is 2.45. The zero-order valence-corrected chi connectivity index (χ0v) is 19.1. The summed E-state index contributed by atoms with van der Waals surface area (Å²) in [6, 6.07) is 9.97. The van der Waals surface area contributed by atoms with Crippen LogP contribution in [-0.4, -0.2) is 11.7 Å². The molecule has 1 amide bonds. The molecule has 0 fully saturated rings. The average molecular weight is 439 g/mol. The van der Waals surface area contributed by atoms with Gasteiger partial charge in [-0.2, -0.15) is 0 Å². The van der Waals surface area contributed by atoms with Gasteiger partial charge in [-0.25, -0.2) is 4.39 Å². The number of thiophene rings is 1. The van der Waals surface area contributed by atoms with Gasteiger partial charge in [0.25, 0.3) is 5.91 Å². The molecule has 2 N–H and O–H groups in total. The Morgan fingerprint density at radius 3 is 2.65 bits per heavy atom. The predicted molar refractivity (Wildman–Crippen MR) is 123 cm³/mol. The van der Waals surface area contributed by atoms with E-state index in [-0.39, 0.29) is 17.1 Å². The van der Waals surface area contributed by atoms with Crippen molar-refractivity contribution in [1.82, 2.24) is 5.32 Å². The monoisotopic (exact) mass is 438 g/mol. The van der Waals surface area contributed by atoms with Gasteiger partial charge in [0.1, 0.15) is 5.82 Å². The fourth-order valence-corrected chi connectivity index (χ4v) is 5.43. The molecule has 1 aromatic heterocycles. The van der Waals surface area contributed by atoms with Crippen molar-refractivity contribution >= 4 is 28.7 Å². The molecular weight excluding hydrogens is 411 g/mol. The van der Waals surface area contributed by atoms with E-state index in [1.807, 2.05) is 13.0 Å². The van der Waals surface area contributed by atoms with Crippen molar-refractivity contribution in [1.29, 1.82) is 0 Å². The molecule has 162 valence electrons. The molecule has 1 aliphatic heterocycles. The SMILES string of the molecule is CC1=C(C(=O)Nc2cccc(F)c2)[C@@H](c2ccc(C(C)(C)C)s2)C2=C(CCCC2=O)N1. The lowest BCUT2D eigenvalue weighted by Crippen LogP contribution is -2.35. The van der Waals surface area contributed by atoms with E-state index >= 15 is 0 Å². The van der Waals surface area contributed by atoms with E-state index in [2.05, 4.69) is 37.5 Å². The van der Waals surface area contributed by atoms with E-state index in [1.165, 1.54) is 17.0 Å². The standard InChI is InChI=1S/C25H27FN2O2S/c1-14-21(24(30)28-16-8-5-7-15(26)13-16)23(19-11-12-20(31-19)25(2,3)4)22-17(27-14)9-6-10-18(22)29/h5,7-8,11-13,23,27H,6,9-10H2,1-4H3,(H,28,30)/t23-/m1/s1. The molecule has 31 heavy (non-hydrogen) atoms. The van der Waals surface area contributed by atoms with Crippen LogP contribution in [-0.2, 0) is 15.0 Å². The van der Waals surface area contributed by atoms with E-state index in [1.54, 1.807) is 23.5 Å². The number of halogens is 1.